The van der Waals surface area contributed by atoms with Crippen LogP contribution in [0.25, 0.3) is 0 Å². The van der Waals surface area contributed by atoms with E-state index >= 15 is 0 Å². The first kappa shape index (κ1) is 24.2. The zero-order chi connectivity index (χ0) is 20.0. The second kappa shape index (κ2) is 11.4. The Hall–Kier alpha value is -1.03. The average Bonchev–Trinajstić information content (AvgIpc) is 2.74. The van der Waals surface area contributed by atoms with E-state index in [1.54, 1.807) is 21.3 Å². The molecule has 29 heavy (non-hydrogen) atoms. The molecule has 0 aromatic heterocycles. The number of halogens is 1. The molecule has 8 heteroatoms. The van der Waals surface area contributed by atoms with Crippen LogP contribution in [-0.2, 0) is 6.54 Å². The molecule has 1 aromatic carbocycles. The first-order valence-electron chi connectivity index (χ1n) is 10.0. The summed E-state index contributed by atoms with van der Waals surface area (Å²) in [6.45, 7) is 2.79. The smallest absolute Gasteiger partial charge is 0.203 e. The number of thioether (sulfide) groups is 1. The van der Waals surface area contributed by atoms with E-state index in [0.29, 0.717) is 28.5 Å². The Kier molecular flexibility index (Phi) is 9.52. The Morgan fingerprint density at radius 2 is 1.76 bits per heavy atom. The number of aliphatic imine (C=N–C) groups is 1. The predicted octanol–water partition coefficient (Wildman–Crippen LogP) is 4.16. The Bertz CT molecular complexity index is 665. The highest BCUT2D eigenvalue weighted by molar-refractivity contribution is 14.0. The van der Waals surface area contributed by atoms with Gasteiger partial charge in [-0.25, -0.2) is 0 Å². The highest BCUT2D eigenvalue weighted by atomic mass is 127. The van der Waals surface area contributed by atoms with E-state index in [2.05, 4.69) is 27.0 Å². The number of benzene rings is 1. The largest absolute Gasteiger partial charge is 0.493 e. The van der Waals surface area contributed by atoms with Crippen molar-refractivity contribution in [3.8, 4) is 17.2 Å². The average molecular weight is 535 g/mol. The maximum absolute atomic E-state index is 5.47. The third-order valence-electron chi connectivity index (χ3n) is 5.70. The second-order valence-electron chi connectivity index (χ2n) is 7.45. The van der Waals surface area contributed by atoms with Gasteiger partial charge in [-0.05, 0) is 30.5 Å². The SMILES string of the molecule is CN=C(NCc1cc(OC)c(OC)c(OC)c1)N1CCSC2(CCCCC2)C1.I. The van der Waals surface area contributed by atoms with Crippen molar-refractivity contribution in [2.75, 3.05) is 47.2 Å². The molecule has 164 valence electrons. The standard InChI is InChI=1S/C21H33N3O3S.HI/c1-22-20(24-10-11-28-21(15-24)8-6-5-7-9-21)23-14-16-12-17(25-2)19(27-4)18(13-16)26-3;/h12-13H,5-11,14-15H2,1-4H3,(H,22,23);1H. The van der Waals surface area contributed by atoms with E-state index in [-0.39, 0.29) is 24.0 Å². The van der Waals surface area contributed by atoms with Gasteiger partial charge in [0.05, 0.1) is 21.3 Å². The normalized spacial score (nSPS) is 18.8. The van der Waals surface area contributed by atoms with E-state index in [1.165, 1.54) is 37.9 Å². The minimum absolute atomic E-state index is 0. The van der Waals surface area contributed by atoms with E-state index < -0.39 is 0 Å². The Morgan fingerprint density at radius 3 is 2.31 bits per heavy atom. The van der Waals surface area contributed by atoms with E-state index in [4.69, 9.17) is 14.2 Å². The summed E-state index contributed by atoms with van der Waals surface area (Å²) in [7, 11) is 6.77. The molecule has 1 aliphatic carbocycles. The minimum atomic E-state index is 0. The lowest BCUT2D eigenvalue weighted by Crippen LogP contribution is -2.53. The molecule has 3 rings (SSSR count). The van der Waals surface area contributed by atoms with Gasteiger partial charge in [-0.3, -0.25) is 4.99 Å². The highest BCUT2D eigenvalue weighted by Gasteiger charge is 2.38. The zero-order valence-electron chi connectivity index (χ0n) is 18.0. The maximum Gasteiger partial charge on any atom is 0.203 e. The van der Waals surface area contributed by atoms with Crippen molar-refractivity contribution in [3.63, 3.8) is 0 Å². The summed E-state index contributed by atoms with van der Waals surface area (Å²) in [5.41, 5.74) is 1.06. The molecule has 2 fully saturated rings. The van der Waals surface area contributed by atoms with Crippen molar-refractivity contribution in [2.24, 2.45) is 4.99 Å². The molecule has 1 saturated carbocycles. The lowest BCUT2D eigenvalue weighted by molar-refractivity contribution is 0.293. The van der Waals surface area contributed by atoms with Crippen LogP contribution in [0.2, 0.25) is 0 Å². The fourth-order valence-corrected chi connectivity index (χ4v) is 5.84. The fourth-order valence-electron chi connectivity index (χ4n) is 4.28. The van der Waals surface area contributed by atoms with Gasteiger partial charge in [-0.2, -0.15) is 11.8 Å². The summed E-state index contributed by atoms with van der Waals surface area (Å²) >= 11 is 2.18. The molecule has 1 aromatic rings. The second-order valence-corrected chi connectivity index (χ2v) is 9.01. The van der Waals surface area contributed by atoms with Crippen LogP contribution >= 0.6 is 35.7 Å². The van der Waals surface area contributed by atoms with Crippen molar-refractivity contribution < 1.29 is 14.2 Å². The van der Waals surface area contributed by atoms with Gasteiger partial charge >= 0.3 is 0 Å². The minimum Gasteiger partial charge on any atom is -0.493 e. The Morgan fingerprint density at radius 1 is 1.10 bits per heavy atom. The number of guanidine groups is 1. The quantitative estimate of drug-likeness (QED) is 0.347. The van der Waals surface area contributed by atoms with E-state index in [1.807, 2.05) is 19.2 Å². The van der Waals surface area contributed by atoms with Crippen LogP contribution < -0.4 is 19.5 Å². The highest BCUT2D eigenvalue weighted by Crippen LogP contribution is 2.43. The lowest BCUT2D eigenvalue weighted by atomic mass is 9.87. The van der Waals surface area contributed by atoms with Crippen molar-refractivity contribution in [1.29, 1.82) is 0 Å². The monoisotopic (exact) mass is 535 g/mol. The maximum atomic E-state index is 5.47. The van der Waals surface area contributed by atoms with Crippen LogP contribution in [0.5, 0.6) is 17.2 Å². The van der Waals surface area contributed by atoms with Gasteiger partial charge in [0.1, 0.15) is 0 Å². The fraction of sp³-hybridized carbons (Fsp3) is 0.667. The van der Waals surface area contributed by atoms with Crippen LogP contribution in [0, 0.1) is 0 Å². The first-order valence-corrected chi connectivity index (χ1v) is 11.0. The molecule has 0 atom stereocenters. The summed E-state index contributed by atoms with van der Waals surface area (Å²) in [4.78, 5) is 6.99. The molecule has 1 saturated heterocycles. The van der Waals surface area contributed by atoms with Gasteiger partial charge in [-0.1, -0.05) is 19.3 Å². The summed E-state index contributed by atoms with van der Waals surface area (Å²) in [5, 5.41) is 3.53. The number of methoxy groups -OCH3 is 3. The predicted molar refractivity (Wildman–Crippen MR) is 132 cm³/mol. The van der Waals surface area contributed by atoms with E-state index in [9.17, 15) is 0 Å². The van der Waals surface area contributed by atoms with Gasteiger partial charge < -0.3 is 24.4 Å². The number of hydrogen-bond donors (Lipinski definition) is 1. The van der Waals surface area contributed by atoms with E-state index in [0.717, 1.165) is 24.6 Å². The molecule has 0 radical (unpaired) electrons. The summed E-state index contributed by atoms with van der Waals surface area (Å²) in [6, 6.07) is 3.96. The number of nitrogens with zero attached hydrogens (tertiary/aromatic N) is 2. The van der Waals surface area contributed by atoms with Crippen molar-refractivity contribution in [2.45, 2.75) is 43.4 Å². The van der Waals surface area contributed by atoms with Crippen molar-refractivity contribution >= 4 is 41.7 Å². The van der Waals surface area contributed by atoms with Gasteiger partial charge in [0, 0.05) is 37.2 Å². The first-order chi connectivity index (χ1) is 13.6. The molecule has 6 nitrogen and oxygen atoms in total. The summed E-state index contributed by atoms with van der Waals surface area (Å²) in [5.74, 6) is 4.10. The van der Waals surface area contributed by atoms with Gasteiger partial charge in [0.2, 0.25) is 5.75 Å². The van der Waals surface area contributed by atoms with Crippen LogP contribution in [0.4, 0.5) is 0 Å². The third-order valence-corrected chi connectivity index (χ3v) is 7.24. The third kappa shape index (κ3) is 5.77. The Balaban J connectivity index is 0.00000300. The molecular formula is C21H34IN3O3S. The molecule has 0 unspecified atom stereocenters. The summed E-state index contributed by atoms with van der Waals surface area (Å²) < 4.78 is 16.8. The molecule has 1 N–H and O–H groups in total. The number of rotatable bonds is 5. The number of nitrogens with one attached hydrogen (secondary N) is 1. The molecule has 1 spiro atoms. The lowest BCUT2D eigenvalue weighted by Gasteiger charge is -2.45. The number of hydrogen-bond acceptors (Lipinski definition) is 5. The van der Waals surface area contributed by atoms with Crippen LogP contribution in [0.3, 0.4) is 0 Å². The van der Waals surface area contributed by atoms with Gasteiger partial charge in [-0.15, -0.1) is 24.0 Å². The molecule has 0 bridgehead atoms. The molecule has 1 aliphatic heterocycles. The molecule has 2 aliphatic rings. The van der Waals surface area contributed by atoms with Gasteiger partial charge in [0.15, 0.2) is 17.5 Å². The molecule has 0 amide bonds. The molecule has 1 heterocycles. The van der Waals surface area contributed by atoms with Gasteiger partial charge in [0.25, 0.3) is 0 Å². The number of ether oxygens (including phenoxy) is 3. The molecular weight excluding hydrogens is 501 g/mol. The Labute approximate surface area is 196 Å². The van der Waals surface area contributed by atoms with Crippen LogP contribution in [-0.4, -0.2) is 62.8 Å². The summed E-state index contributed by atoms with van der Waals surface area (Å²) in [6.07, 6.45) is 6.77. The zero-order valence-corrected chi connectivity index (χ0v) is 21.1. The van der Waals surface area contributed by atoms with Crippen LogP contribution in [0.15, 0.2) is 17.1 Å². The van der Waals surface area contributed by atoms with Crippen LogP contribution in [0.1, 0.15) is 37.7 Å². The topological polar surface area (TPSA) is 55.3 Å². The van der Waals surface area contributed by atoms with Crippen molar-refractivity contribution in [1.82, 2.24) is 10.2 Å². The van der Waals surface area contributed by atoms with Crippen molar-refractivity contribution in [3.05, 3.63) is 17.7 Å².